The van der Waals surface area contributed by atoms with Crippen molar-refractivity contribution in [2.24, 2.45) is 5.16 Å². The number of rotatable bonds is 6. The summed E-state index contributed by atoms with van der Waals surface area (Å²) in [7, 11) is 0. The first-order valence-electron chi connectivity index (χ1n) is 8.96. The first-order valence-corrected chi connectivity index (χ1v) is 10.8. The Balaban J connectivity index is 1.48. The number of anilines is 1. The molecule has 1 unspecified atom stereocenters. The van der Waals surface area contributed by atoms with Crippen LogP contribution in [0, 0.1) is 0 Å². The Morgan fingerprint density at radius 2 is 2.14 bits per heavy atom. The SMILES string of the molecule is Nc1nc(C(=NOC2CCCC2)C(=O)NC2C(=O)N3C=C(C(=O)O)CS[C@H]23)ns1. The van der Waals surface area contributed by atoms with E-state index in [4.69, 9.17) is 15.7 Å². The van der Waals surface area contributed by atoms with Crippen LogP contribution in [-0.4, -0.2) is 66.1 Å². The average molecular weight is 438 g/mol. The third-order valence-electron chi connectivity index (χ3n) is 4.81. The van der Waals surface area contributed by atoms with E-state index >= 15 is 0 Å². The van der Waals surface area contributed by atoms with E-state index in [1.807, 2.05) is 0 Å². The molecule has 3 aliphatic rings. The van der Waals surface area contributed by atoms with Gasteiger partial charge in [-0.05, 0) is 25.7 Å². The lowest BCUT2D eigenvalue weighted by atomic mass is 10.1. The van der Waals surface area contributed by atoms with Crippen molar-refractivity contribution in [3.8, 4) is 0 Å². The molecule has 0 bridgehead atoms. The molecule has 2 aliphatic heterocycles. The van der Waals surface area contributed by atoms with Crippen LogP contribution >= 0.6 is 23.3 Å². The molecule has 0 radical (unpaired) electrons. The first-order chi connectivity index (χ1) is 13.9. The van der Waals surface area contributed by atoms with E-state index in [0.717, 1.165) is 37.2 Å². The average Bonchev–Trinajstić information content (AvgIpc) is 3.37. The number of nitrogens with one attached hydrogen (secondary N) is 1. The van der Waals surface area contributed by atoms with Gasteiger partial charge in [0.25, 0.3) is 11.8 Å². The van der Waals surface area contributed by atoms with Gasteiger partial charge in [-0.1, -0.05) is 5.16 Å². The fraction of sp³-hybridized carbons (Fsp3) is 0.500. The van der Waals surface area contributed by atoms with E-state index < -0.39 is 23.8 Å². The quantitative estimate of drug-likeness (QED) is 0.319. The molecule has 2 fully saturated rings. The Morgan fingerprint density at radius 3 is 2.79 bits per heavy atom. The normalized spacial score (nSPS) is 24.6. The van der Waals surface area contributed by atoms with Crippen LogP contribution in [0.1, 0.15) is 31.5 Å². The maximum atomic E-state index is 12.8. The number of carboxylic acids is 1. The number of nitrogen functional groups attached to an aromatic ring is 1. The van der Waals surface area contributed by atoms with Gasteiger partial charge in [0.05, 0.1) is 5.57 Å². The number of carbonyl (C=O) groups is 3. The fourth-order valence-corrected chi connectivity index (χ4v) is 4.96. The Bertz CT molecular complexity index is 909. The Morgan fingerprint density at radius 1 is 1.38 bits per heavy atom. The maximum absolute atomic E-state index is 12.8. The molecule has 1 aromatic heterocycles. The molecule has 29 heavy (non-hydrogen) atoms. The number of aliphatic carboxylic acids is 1. The predicted molar refractivity (Wildman–Crippen MR) is 105 cm³/mol. The van der Waals surface area contributed by atoms with Crippen LogP contribution in [-0.2, 0) is 19.2 Å². The zero-order valence-electron chi connectivity index (χ0n) is 15.1. The molecule has 11 nitrogen and oxygen atoms in total. The van der Waals surface area contributed by atoms with Gasteiger partial charge >= 0.3 is 5.97 Å². The van der Waals surface area contributed by atoms with Gasteiger partial charge in [-0.25, -0.2) is 4.79 Å². The van der Waals surface area contributed by atoms with Crippen molar-refractivity contribution < 1.29 is 24.3 Å². The Kier molecular flexibility index (Phi) is 5.41. The van der Waals surface area contributed by atoms with Crippen molar-refractivity contribution in [3.63, 3.8) is 0 Å². The van der Waals surface area contributed by atoms with Crippen molar-refractivity contribution in [1.29, 1.82) is 0 Å². The minimum atomic E-state index is -1.07. The summed E-state index contributed by atoms with van der Waals surface area (Å²) in [6.07, 6.45) is 5.05. The van der Waals surface area contributed by atoms with Crippen molar-refractivity contribution in [1.82, 2.24) is 19.6 Å². The van der Waals surface area contributed by atoms with Gasteiger partial charge in [-0.2, -0.15) is 9.36 Å². The molecule has 13 heteroatoms. The summed E-state index contributed by atoms with van der Waals surface area (Å²) in [6, 6.07) is -0.799. The van der Waals surface area contributed by atoms with Crippen LogP contribution in [0.5, 0.6) is 0 Å². The van der Waals surface area contributed by atoms with Crippen LogP contribution in [0.3, 0.4) is 0 Å². The zero-order valence-corrected chi connectivity index (χ0v) is 16.7. The third kappa shape index (κ3) is 3.92. The number of hydrogen-bond donors (Lipinski definition) is 3. The molecule has 1 aliphatic carbocycles. The third-order valence-corrected chi connectivity index (χ3v) is 6.67. The fourth-order valence-electron chi connectivity index (χ4n) is 3.28. The number of nitrogens with two attached hydrogens (primary N) is 1. The number of carbonyl (C=O) groups excluding carboxylic acids is 2. The zero-order chi connectivity index (χ0) is 20.5. The van der Waals surface area contributed by atoms with Gasteiger partial charge in [0, 0.05) is 23.5 Å². The second-order valence-electron chi connectivity index (χ2n) is 6.77. The molecule has 4 rings (SSSR count). The molecule has 1 saturated carbocycles. The highest BCUT2D eigenvalue weighted by atomic mass is 32.2. The minimum Gasteiger partial charge on any atom is -0.478 e. The summed E-state index contributed by atoms with van der Waals surface area (Å²) in [5, 5.41) is 15.5. The number of nitrogens with zero attached hydrogens (tertiary/aromatic N) is 4. The highest BCUT2D eigenvalue weighted by Gasteiger charge is 2.50. The van der Waals surface area contributed by atoms with Gasteiger partial charge in [0.2, 0.25) is 11.5 Å². The molecule has 1 aromatic rings. The smallest absolute Gasteiger partial charge is 0.333 e. The predicted octanol–water partition coefficient (Wildman–Crippen LogP) is 0.152. The van der Waals surface area contributed by atoms with E-state index in [0.29, 0.717) is 0 Å². The highest BCUT2D eigenvalue weighted by Crippen LogP contribution is 2.36. The van der Waals surface area contributed by atoms with Crippen molar-refractivity contribution in [2.45, 2.75) is 43.2 Å². The number of thioether (sulfide) groups is 1. The van der Waals surface area contributed by atoms with E-state index in [1.165, 1.54) is 22.9 Å². The lowest BCUT2D eigenvalue weighted by molar-refractivity contribution is -0.144. The molecule has 0 spiro atoms. The van der Waals surface area contributed by atoms with Crippen LogP contribution in [0.4, 0.5) is 5.13 Å². The second-order valence-corrected chi connectivity index (χ2v) is 8.65. The van der Waals surface area contributed by atoms with E-state index in [9.17, 15) is 14.4 Å². The number of hydrogen-bond acceptors (Lipinski definition) is 10. The lowest BCUT2D eigenvalue weighted by Crippen LogP contribution is -2.69. The number of carboxylic acid groups (broad SMARTS) is 1. The van der Waals surface area contributed by atoms with Gasteiger partial charge in [-0.15, -0.1) is 11.8 Å². The molecular formula is C16H18N6O5S2. The number of aromatic nitrogens is 2. The van der Waals surface area contributed by atoms with E-state index in [-0.39, 0.29) is 39.5 Å². The summed E-state index contributed by atoms with van der Waals surface area (Å²) < 4.78 is 4.02. The summed E-state index contributed by atoms with van der Waals surface area (Å²) in [5.74, 6) is -1.83. The standard InChI is InChI=1S/C16H18N6O5S2/c17-16-19-11(21-29-16)9(20-27-8-3-1-2-4-8)12(23)18-10-13(24)22-5-7(15(25)26)6-28-14(10)22/h5,8,10,14H,1-4,6H2,(H,18,23)(H,25,26)(H2,17,19,21)/t10?,14-/m1/s1. The molecule has 3 heterocycles. The Hall–Kier alpha value is -2.67. The monoisotopic (exact) mass is 438 g/mol. The number of fused-ring (bicyclic) bond motifs is 1. The van der Waals surface area contributed by atoms with Gasteiger partial charge < -0.3 is 25.9 Å². The van der Waals surface area contributed by atoms with Crippen molar-refractivity contribution in [2.75, 3.05) is 11.5 Å². The highest BCUT2D eigenvalue weighted by molar-refractivity contribution is 8.00. The second kappa shape index (κ2) is 7.99. The summed E-state index contributed by atoms with van der Waals surface area (Å²) in [6.45, 7) is 0. The van der Waals surface area contributed by atoms with Crippen LogP contribution in [0.2, 0.25) is 0 Å². The van der Waals surface area contributed by atoms with Crippen LogP contribution in [0.25, 0.3) is 0 Å². The first kappa shape index (κ1) is 19.6. The number of β-lactam (4-membered cyclic amide) rings is 1. The molecule has 2 atom stereocenters. The molecule has 4 N–H and O–H groups in total. The maximum Gasteiger partial charge on any atom is 0.333 e. The van der Waals surface area contributed by atoms with Gasteiger partial charge in [0.1, 0.15) is 17.5 Å². The lowest BCUT2D eigenvalue weighted by Gasteiger charge is -2.46. The summed E-state index contributed by atoms with van der Waals surface area (Å²) >= 11 is 2.20. The summed E-state index contributed by atoms with van der Waals surface area (Å²) in [5.41, 5.74) is 5.62. The van der Waals surface area contributed by atoms with Crippen LogP contribution in [0.15, 0.2) is 16.9 Å². The van der Waals surface area contributed by atoms with Crippen molar-refractivity contribution in [3.05, 3.63) is 17.6 Å². The molecular weight excluding hydrogens is 420 g/mol. The van der Waals surface area contributed by atoms with Crippen LogP contribution < -0.4 is 11.1 Å². The molecule has 2 amide bonds. The van der Waals surface area contributed by atoms with Crippen molar-refractivity contribution >= 4 is 51.9 Å². The van der Waals surface area contributed by atoms with E-state index in [1.54, 1.807) is 0 Å². The Labute approximate surface area is 173 Å². The summed E-state index contributed by atoms with van der Waals surface area (Å²) in [4.78, 5) is 47.1. The van der Waals surface area contributed by atoms with Gasteiger partial charge in [-0.3, -0.25) is 9.59 Å². The largest absolute Gasteiger partial charge is 0.478 e. The number of amides is 2. The minimum absolute atomic E-state index is 0.0379. The number of oxime groups is 1. The molecule has 154 valence electrons. The van der Waals surface area contributed by atoms with E-state index in [2.05, 4.69) is 19.8 Å². The molecule has 1 saturated heterocycles. The topological polar surface area (TPSA) is 160 Å². The molecule has 0 aromatic carbocycles. The van der Waals surface area contributed by atoms with Gasteiger partial charge in [0.15, 0.2) is 5.13 Å².